The molecule has 0 saturated heterocycles. The van der Waals surface area contributed by atoms with Gasteiger partial charge in [0.15, 0.2) is 6.29 Å². The summed E-state index contributed by atoms with van der Waals surface area (Å²) in [6, 6.07) is 6.28. The lowest BCUT2D eigenvalue weighted by molar-refractivity contribution is 0.112. The molecule has 0 radical (unpaired) electrons. The largest absolute Gasteiger partial charge is 0.298 e. The fourth-order valence-electron chi connectivity index (χ4n) is 1.49. The predicted molar refractivity (Wildman–Crippen MR) is 59.8 cm³/mol. The number of hydrogen-bond acceptors (Lipinski definition) is 2. The molecule has 3 heteroatoms. The second-order valence-corrected chi connectivity index (χ2v) is 4.20. The zero-order valence-corrected chi connectivity index (χ0v) is 8.98. The van der Waals surface area contributed by atoms with Crippen molar-refractivity contribution in [3.63, 3.8) is 0 Å². The van der Waals surface area contributed by atoms with Crippen LogP contribution in [0.5, 0.6) is 0 Å². The summed E-state index contributed by atoms with van der Waals surface area (Å²) in [6.45, 7) is 1.98. The summed E-state index contributed by atoms with van der Waals surface area (Å²) in [5.74, 6) is -0.380. The van der Waals surface area contributed by atoms with Crippen molar-refractivity contribution in [3.05, 3.63) is 46.6 Å². The predicted octanol–water partition coefficient (Wildman–Crippen LogP) is 3.68. The minimum atomic E-state index is -0.380. The Morgan fingerprint density at radius 3 is 2.73 bits per heavy atom. The van der Waals surface area contributed by atoms with Crippen LogP contribution >= 0.6 is 11.3 Å². The Balaban J connectivity index is 2.63. The van der Waals surface area contributed by atoms with Crippen molar-refractivity contribution >= 4 is 17.6 Å². The third-order valence-corrected chi connectivity index (χ3v) is 3.30. The van der Waals surface area contributed by atoms with Gasteiger partial charge >= 0.3 is 0 Å². The molecule has 0 amide bonds. The lowest BCUT2D eigenvalue weighted by atomic mass is 10.0. The molecule has 2 aromatic rings. The summed E-state index contributed by atoms with van der Waals surface area (Å²) in [5, 5.41) is 1.96. The Bertz CT molecular complexity index is 502. The Morgan fingerprint density at radius 1 is 1.33 bits per heavy atom. The van der Waals surface area contributed by atoms with Crippen LogP contribution in [0.2, 0.25) is 0 Å². The molecule has 1 heterocycles. The first-order chi connectivity index (χ1) is 7.22. The van der Waals surface area contributed by atoms with Gasteiger partial charge in [-0.25, -0.2) is 4.39 Å². The second-order valence-electron chi connectivity index (χ2n) is 3.28. The number of halogens is 1. The molecule has 1 aromatic carbocycles. The molecule has 0 aliphatic rings. The Kier molecular flexibility index (Phi) is 2.64. The molecule has 0 aliphatic heterocycles. The monoisotopic (exact) mass is 220 g/mol. The molecular formula is C12H9FOS. The van der Waals surface area contributed by atoms with Crippen molar-refractivity contribution in [2.45, 2.75) is 6.92 Å². The lowest BCUT2D eigenvalue weighted by Crippen LogP contribution is -1.88. The highest BCUT2D eigenvalue weighted by Gasteiger charge is 2.09. The number of hydrogen-bond donors (Lipinski definition) is 0. The number of thiophene rings is 1. The van der Waals surface area contributed by atoms with Gasteiger partial charge in [0.2, 0.25) is 0 Å². The topological polar surface area (TPSA) is 17.1 Å². The quantitative estimate of drug-likeness (QED) is 0.706. The highest BCUT2D eigenvalue weighted by atomic mass is 32.1. The molecule has 2 rings (SSSR count). The fourth-order valence-corrected chi connectivity index (χ4v) is 2.46. The van der Waals surface area contributed by atoms with Crippen LogP contribution in [0.15, 0.2) is 29.6 Å². The van der Waals surface area contributed by atoms with Crippen LogP contribution in [-0.4, -0.2) is 6.29 Å². The fraction of sp³-hybridized carbons (Fsp3) is 0.0833. The van der Waals surface area contributed by atoms with E-state index in [1.807, 2.05) is 18.4 Å². The molecule has 1 nitrogen and oxygen atoms in total. The van der Waals surface area contributed by atoms with E-state index in [2.05, 4.69) is 0 Å². The van der Waals surface area contributed by atoms with Crippen molar-refractivity contribution in [2.24, 2.45) is 0 Å². The summed E-state index contributed by atoms with van der Waals surface area (Å²) in [4.78, 5) is 11.8. The van der Waals surface area contributed by atoms with Gasteiger partial charge in [0.1, 0.15) is 5.82 Å². The smallest absolute Gasteiger partial charge is 0.150 e. The lowest BCUT2D eigenvalue weighted by Gasteiger charge is -2.03. The molecule has 0 bridgehead atoms. The normalized spacial score (nSPS) is 10.3. The van der Waals surface area contributed by atoms with Gasteiger partial charge in [-0.2, -0.15) is 0 Å². The van der Waals surface area contributed by atoms with Crippen molar-refractivity contribution in [1.82, 2.24) is 0 Å². The summed E-state index contributed by atoms with van der Waals surface area (Å²) >= 11 is 1.56. The summed E-state index contributed by atoms with van der Waals surface area (Å²) in [6.07, 6.45) is 0.692. The van der Waals surface area contributed by atoms with E-state index in [9.17, 15) is 9.18 Å². The zero-order valence-electron chi connectivity index (χ0n) is 8.16. The molecule has 15 heavy (non-hydrogen) atoms. The zero-order chi connectivity index (χ0) is 10.8. The van der Waals surface area contributed by atoms with Crippen LogP contribution in [0.25, 0.3) is 10.4 Å². The van der Waals surface area contributed by atoms with E-state index in [-0.39, 0.29) is 5.82 Å². The first-order valence-electron chi connectivity index (χ1n) is 4.51. The summed E-state index contributed by atoms with van der Waals surface area (Å²) in [5.41, 5.74) is 2.31. The van der Waals surface area contributed by atoms with Crippen LogP contribution in [0.4, 0.5) is 4.39 Å². The first kappa shape index (κ1) is 10.1. The number of aldehydes is 1. The van der Waals surface area contributed by atoms with Gasteiger partial charge in [-0.1, -0.05) is 0 Å². The van der Waals surface area contributed by atoms with Gasteiger partial charge in [0.05, 0.1) is 0 Å². The van der Waals surface area contributed by atoms with E-state index >= 15 is 0 Å². The number of carbonyl (C=O) groups is 1. The minimum Gasteiger partial charge on any atom is -0.298 e. The van der Waals surface area contributed by atoms with E-state index in [4.69, 9.17) is 0 Å². The van der Waals surface area contributed by atoms with Gasteiger partial charge in [0.25, 0.3) is 0 Å². The van der Waals surface area contributed by atoms with E-state index in [1.165, 1.54) is 12.1 Å². The number of carbonyl (C=O) groups excluding carboxylic acids is 1. The molecule has 0 N–H and O–H groups in total. The third-order valence-electron chi connectivity index (χ3n) is 2.25. The van der Waals surface area contributed by atoms with Gasteiger partial charge in [-0.3, -0.25) is 4.79 Å². The van der Waals surface area contributed by atoms with Crippen LogP contribution < -0.4 is 0 Å². The highest BCUT2D eigenvalue weighted by molar-refractivity contribution is 7.13. The van der Waals surface area contributed by atoms with Crippen molar-refractivity contribution in [2.75, 3.05) is 0 Å². The molecule has 0 aliphatic carbocycles. The Labute approximate surface area is 91.2 Å². The molecule has 0 spiro atoms. The van der Waals surface area contributed by atoms with E-state index < -0.39 is 0 Å². The van der Waals surface area contributed by atoms with Gasteiger partial charge in [0, 0.05) is 16.0 Å². The van der Waals surface area contributed by atoms with Gasteiger partial charge in [-0.15, -0.1) is 11.3 Å². The minimum absolute atomic E-state index is 0.380. The van der Waals surface area contributed by atoms with Crippen LogP contribution in [0.3, 0.4) is 0 Å². The van der Waals surface area contributed by atoms with Crippen LogP contribution in [0.1, 0.15) is 15.9 Å². The number of aryl methyl sites for hydroxylation is 1. The maximum atomic E-state index is 12.9. The molecule has 76 valence electrons. The Morgan fingerprint density at radius 2 is 2.13 bits per heavy atom. The average Bonchev–Trinajstić information content (AvgIpc) is 2.64. The molecule has 0 unspecified atom stereocenters. The summed E-state index contributed by atoms with van der Waals surface area (Å²) < 4.78 is 12.9. The number of benzene rings is 1. The van der Waals surface area contributed by atoms with E-state index in [1.54, 1.807) is 17.4 Å². The number of rotatable bonds is 2. The van der Waals surface area contributed by atoms with Crippen molar-refractivity contribution in [1.29, 1.82) is 0 Å². The maximum absolute atomic E-state index is 12.9. The Hall–Kier alpha value is -1.48. The van der Waals surface area contributed by atoms with Crippen LogP contribution in [-0.2, 0) is 0 Å². The van der Waals surface area contributed by atoms with Gasteiger partial charge in [-0.05, 0) is 42.1 Å². The SMILES string of the molecule is Cc1ccsc1-c1ccc(F)cc1C=O. The van der Waals surface area contributed by atoms with E-state index in [0.29, 0.717) is 11.8 Å². The molecule has 0 fully saturated rings. The first-order valence-corrected chi connectivity index (χ1v) is 5.39. The molecule has 1 aromatic heterocycles. The maximum Gasteiger partial charge on any atom is 0.150 e. The third kappa shape index (κ3) is 1.83. The second kappa shape index (κ2) is 3.95. The van der Waals surface area contributed by atoms with E-state index in [0.717, 1.165) is 16.0 Å². The summed E-state index contributed by atoms with van der Waals surface area (Å²) in [7, 11) is 0. The van der Waals surface area contributed by atoms with Crippen molar-refractivity contribution < 1.29 is 9.18 Å². The van der Waals surface area contributed by atoms with Crippen LogP contribution in [0, 0.1) is 12.7 Å². The standard InChI is InChI=1S/C12H9FOS/c1-8-4-5-15-12(8)11-3-2-10(13)6-9(11)7-14/h2-7H,1H3. The highest BCUT2D eigenvalue weighted by Crippen LogP contribution is 2.31. The molecule has 0 atom stereocenters. The average molecular weight is 220 g/mol. The van der Waals surface area contributed by atoms with Gasteiger partial charge < -0.3 is 0 Å². The van der Waals surface area contributed by atoms with Crippen molar-refractivity contribution in [3.8, 4) is 10.4 Å². The molecular weight excluding hydrogens is 211 g/mol. The molecule has 0 saturated carbocycles.